The van der Waals surface area contributed by atoms with Crippen LogP contribution in [0.3, 0.4) is 0 Å². The van der Waals surface area contributed by atoms with Gasteiger partial charge in [0.2, 0.25) is 0 Å². The predicted octanol–water partition coefficient (Wildman–Crippen LogP) is 0.0701. The van der Waals surface area contributed by atoms with Gasteiger partial charge in [-0.05, 0) is 12.8 Å². The number of carbonyl (C=O) groups excluding carboxylic acids is 1. The Morgan fingerprint density at radius 3 is 2.78 bits per heavy atom. The van der Waals surface area contributed by atoms with Gasteiger partial charge in [-0.15, -0.1) is 5.92 Å². The zero-order valence-electron chi connectivity index (χ0n) is 5.18. The molecule has 2 N–H and O–H groups in total. The van der Waals surface area contributed by atoms with Crippen LogP contribution < -0.4 is 5.73 Å². The highest BCUT2D eigenvalue weighted by Gasteiger charge is 2.21. The number of hydrogen-bond donors (Lipinski definition) is 1. The number of rotatable bonds is 1. The molecule has 0 aromatic heterocycles. The second-order valence-electron chi connectivity index (χ2n) is 2.31. The van der Waals surface area contributed by atoms with Crippen molar-refractivity contribution in [1.82, 2.24) is 0 Å². The minimum Gasteiger partial charge on any atom is -0.309 e. The van der Waals surface area contributed by atoms with Crippen LogP contribution in [0, 0.1) is 11.8 Å². The Labute approximate surface area is 54.4 Å². The van der Waals surface area contributed by atoms with Gasteiger partial charge in [0.05, 0.1) is 0 Å². The summed E-state index contributed by atoms with van der Waals surface area (Å²) in [6, 6.07) is 0. The molecule has 0 aromatic rings. The molecule has 1 aliphatic rings. The van der Waals surface area contributed by atoms with Crippen LogP contribution in [0.4, 0.5) is 0 Å². The molecule has 0 saturated heterocycles. The van der Waals surface area contributed by atoms with Crippen LogP contribution in [-0.2, 0) is 4.79 Å². The molecule has 0 aliphatic heterocycles. The molecular formula is C7H9NO. The van der Waals surface area contributed by atoms with E-state index < -0.39 is 5.54 Å². The van der Waals surface area contributed by atoms with Crippen molar-refractivity contribution < 1.29 is 4.79 Å². The molecule has 1 rings (SSSR count). The van der Waals surface area contributed by atoms with Gasteiger partial charge in [-0.1, -0.05) is 5.92 Å². The van der Waals surface area contributed by atoms with Crippen molar-refractivity contribution in [2.75, 3.05) is 0 Å². The monoisotopic (exact) mass is 123 g/mol. The first-order chi connectivity index (χ1) is 4.27. The lowest BCUT2D eigenvalue weighted by Gasteiger charge is -2.17. The molecule has 1 atom stereocenters. The van der Waals surface area contributed by atoms with Crippen LogP contribution in [-0.4, -0.2) is 11.8 Å². The van der Waals surface area contributed by atoms with Crippen LogP contribution in [0.25, 0.3) is 0 Å². The first-order valence-electron chi connectivity index (χ1n) is 3.02. The molecule has 2 heteroatoms. The van der Waals surface area contributed by atoms with Crippen molar-refractivity contribution >= 4 is 6.29 Å². The Kier molecular flexibility index (Phi) is 1.54. The van der Waals surface area contributed by atoms with Gasteiger partial charge in [-0.25, -0.2) is 0 Å². The molecule has 0 amide bonds. The smallest absolute Gasteiger partial charge is 0.152 e. The predicted molar refractivity (Wildman–Crippen MR) is 34.6 cm³/mol. The van der Waals surface area contributed by atoms with Crippen molar-refractivity contribution in [2.45, 2.75) is 24.8 Å². The Balaban J connectivity index is 2.74. The Morgan fingerprint density at radius 2 is 2.44 bits per heavy atom. The molecule has 1 aliphatic carbocycles. The third-order valence-electron chi connectivity index (χ3n) is 1.42. The normalized spacial score (nSPS) is 32.6. The van der Waals surface area contributed by atoms with E-state index >= 15 is 0 Å². The van der Waals surface area contributed by atoms with Gasteiger partial charge < -0.3 is 10.5 Å². The fraction of sp³-hybridized carbons (Fsp3) is 0.571. The lowest BCUT2D eigenvalue weighted by Crippen LogP contribution is -2.40. The standard InChI is InChI=1S/C7H9NO/c8-7(6-9)4-2-1-3-5-7/h6H,1-2,4,8H2. The van der Waals surface area contributed by atoms with Crippen LogP contribution in [0.2, 0.25) is 0 Å². The molecule has 2 nitrogen and oxygen atoms in total. The summed E-state index contributed by atoms with van der Waals surface area (Å²) in [4.78, 5) is 10.3. The molecule has 0 saturated carbocycles. The van der Waals surface area contributed by atoms with E-state index in [-0.39, 0.29) is 0 Å². The first-order valence-corrected chi connectivity index (χ1v) is 3.02. The highest BCUT2D eigenvalue weighted by molar-refractivity contribution is 5.70. The molecule has 1 unspecified atom stereocenters. The maximum absolute atomic E-state index is 10.3. The highest BCUT2D eigenvalue weighted by atomic mass is 16.1. The fourth-order valence-electron chi connectivity index (χ4n) is 0.847. The van der Waals surface area contributed by atoms with E-state index in [1.165, 1.54) is 0 Å². The summed E-state index contributed by atoms with van der Waals surface area (Å²) in [5.74, 6) is 5.52. The number of hydrogen-bond acceptors (Lipinski definition) is 2. The molecule has 0 aromatic carbocycles. The summed E-state index contributed by atoms with van der Waals surface area (Å²) in [6.07, 6.45) is 3.28. The van der Waals surface area contributed by atoms with Gasteiger partial charge in [0.15, 0.2) is 6.29 Å². The van der Waals surface area contributed by atoms with E-state index in [1.807, 2.05) is 0 Å². The molecule has 0 heterocycles. The summed E-state index contributed by atoms with van der Waals surface area (Å²) in [5.41, 5.74) is 4.70. The van der Waals surface area contributed by atoms with Crippen LogP contribution in [0.1, 0.15) is 19.3 Å². The second-order valence-corrected chi connectivity index (χ2v) is 2.31. The Morgan fingerprint density at radius 1 is 1.67 bits per heavy atom. The summed E-state index contributed by atoms with van der Waals surface area (Å²) in [5, 5.41) is 0. The van der Waals surface area contributed by atoms with E-state index in [1.54, 1.807) is 0 Å². The third-order valence-corrected chi connectivity index (χ3v) is 1.42. The number of nitrogens with two attached hydrogens (primary N) is 1. The zero-order chi connectivity index (χ0) is 6.74. The fourth-order valence-corrected chi connectivity index (χ4v) is 0.847. The van der Waals surface area contributed by atoms with Crippen molar-refractivity contribution in [3.8, 4) is 11.8 Å². The molecule has 0 fully saturated rings. The highest BCUT2D eigenvalue weighted by Crippen LogP contribution is 2.11. The first kappa shape index (κ1) is 6.31. The number of carbonyl (C=O) groups is 1. The van der Waals surface area contributed by atoms with Gasteiger partial charge >= 0.3 is 0 Å². The van der Waals surface area contributed by atoms with E-state index in [0.29, 0.717) is 6.42 Å². The SMILES string of the molecule is NC1(C=O)C#CCCC1. The van der Waals surface area contributed by atoms with Gasteiger partial charge in [0.25, 0.3) is 0 Å². The topological polar surface area (TPSA) is 43.1 Å². The van der Waals surface area contributed by atoms with E-state index in [9.17, 15) is 4.79 Å². The lowest BCUT2D eigenvalue weighted by atomic mass is 9.92. The largest absolute Gasteiger partial charge is 0.309 e. The van der Waals surface area contributed by atoms with E-state index in [4.69, 9.17) is 5.73 Å². The Bertz CT molecular complexity index is 177. The molecule has 48 valence electrons. The molecule has 9 heavy (non-hydrogen) atoms. The van der Waals surface area contributed by atoms with Crippen molar-refractivity contribution in [3.05, 3.63) is 0 Å². The maximum Gasteiger partial charge on any atom is 0.152 e. The van der Waals surface area contributed by atoms with Crippen molar-refractivity contribution in [2.24, 2.45) is 5.73 Å². The molecular weight excluding hydrogens is 114 g/mol. The maximum atomic E-state index is 10.3. The summed E-state index contributed by atoms with van der Waals surface area (Å²) < 4.78 is 0. The van der Waals surface area contributed by atoms with E-state index in [2.05, 4.69) is 11.8 Å². The summed E-state index contributed by atoms with van der Waals surface area (Å²) in [7, 11) is 0. The van der Waals surface area contributed by atoms with Crippen LogP contribution in [0.15, 0.2) is 0 Å². The average molecular weight is 123 g/mol. The lowest BCUT2D eigenvalue weighted by molar-refractivity contribution is -0.110. The summed E-state index contributed by atoms with van der Waals surface area (Å²) >= 11 is 0. The van der Waals surface area contributed by atoms with Gasteiger partial charge in [-0.3, -0.25) is 0 Å². The van der Waals surface area contributed by atoms with Gasteiger partial charge in [-0.2, -0.15) is 0 Å². The Hall–Kier alpha value is -0.810. The van der Waals surface area contributed by atoms with Gasteiger partial charge in [0, 0.05) is 6.42 Å². The van der Waals surface area contributed by atoms with Crippen molar-refractivity contribution in [1.29, 1.82) is 0 Å². The second kappa shape index (κ2) is 2.20. The quantitative estimate of drug-likeness (QED) is 0.396. The molecule has 0 radical (unpaired) electrons. The molecule has 0 bridgehead atoms. The summed E-state index contributed by atoms with van der Waals surface area (Å²) in [6.45, 7) is 0. The number of aldehydes is 1. The minimum atomic E-state index is -0.821. The van der Waals surface area contributed by atoms with E-state index in [0.717, 1.165) is 19.1 Å². The zero-order valence-corrected chi connectivity index (χ0v) is 5.18. The van der Waals surface area contributed by atoms with Crippen molar-refractivity contribution in [3.63, 3.8) is 0 Å². The van der Waals surface area contributed by atoms with Crippen LogP contribution >= 0.6 is 0 Å². The molecule has 0 spiro atoms. The average Bonchev–Trinajstić information content (AvgIpc) is 1.90. The van der Waals surface area contributed by atoms with Crippen LogP contribution in [0.5, 0.6) is 0 Å². The minimum absolute atomic E-state index is 0.712. The third kappa shape index (κ3) is 1.30. The van der Waals surface area contributed by atoms with Gasteiger partial charge in [0.1, 0.15) is 5.54 Å².